The largest absolute Gasteiger partial charge is 0.491 e. The Morgan fingerprint density at radius 3 is 2.97 bits per heavy atom. The molecule has 30 heavy (non-hydrogen) atoms. The van der Waals surface area contributed by atoms with Crippen molar-refractivity contribution in [2.75, 3.05) is 45.2 Å². The number of carbonyl (C=O) groups excluding carboxylic acids is 1. The van der Waals surface area contributed by atoms with Crippen molar-refractivity contribution in [2.24, 2.45) is 5.73 Å². The molecule has 1 unspecified atom stereocenters. The summed E-state index contributed by atoms with van der Waals surface area (Å²) in [6, 6.07) is 4.05. The van der Waals surface area contributed by atoms with E-state index in [1.54, 1.807) is 0 Å². The van der Waals surface area contributed by atoms with E-state index in [1.165, 1.54) is 18.2 Å². The van der Waals surface area contributed by atoms with Crippen LogP contribution in [0.25, 0.3) is 0 Å². The van der Waals surface area contributed by atoms with E-state index < -0.39 is 5.82 Å². The highest BCUT2D eigenvalue weighted by atomic mass is 19.1. The monoisotopic (exact) mass is 413 g/mol. The first-order valence-electron chi connectivity index (χ1n) is 10.4. The number of likely N-dealkylation sites (tertiary alicyclic amines) is 1. The van der Waals surface area contributed by atoms with Gasteiger partial charge in [-0.05, 0) is 49.4 Å². The highest BCUT2D eigenvalue weighted by molar-refractivity contribution is 5.97. The van der Waals surface area contributed by atoms with Gasteiger partial charge in [0.2, 0.25) is 5.95 Å². The summed E-state index contributed by atoms with van der Waals surface area (Å²) in [4.78, 5) is 26.4. The third-order valence-corrected chi connectivity index (χ3v) is 6.04. The van der Waals surface area contributed by atoms with Gasteiger partial charge in [0.15, 0.2) is 0 Å². The topological polar surface area (TPSA) is 84.6 Å². The number of hydrogen-bond acceptors (Lipinski definition) is 6. The van der Waals surface area contributed by atoms with Crippen molar-refractivity contribution in [1.82, 2.24) is 14.9 Å². The van der Waals surface area contributed by atoms with Crippen LogP contribution in [0, 0.1) is 5.82 Å². The Bertz CT molecular complexity index is 947. The first kappa shape index (κ1) is 20.5. The van der Waals surface area contributed by atoms with Crippen molar-refractivity contribution in [3.05, 3.63) is 47.0 Å². The van der Waals surface area contributed by atoms with Crippen LogP contribution in [0.4, 0.5) is 10.3 Å². The number of amides is 1. The van der Waals surface area contributed by atoms with E-state index in [4.69, 9.17) is 15.5 Å². The average molecular weight is 413 g/mol. The number of ether oxygens (including phenoxy) is 1. The highest BCUT2D eigenvalue weighted by Gasteiger charge is 2.45. The predicted octanol–water partition coefficient (Wildman–Crippen LogP) is 2.14. The molecule has 0 radical (unpaired) electrons. The number of hydrogen-bond donors (Lipinski definition) is 1. The van der Waals surface area contributed by atoms with Gasteiger partial charge in [-0.15, -0.1) is 0 Å². The lowest BCUT2D eigenvalue weighted by Gasteiger charge is -2.40. The van der Waals surface area contributed by atoms with Gasteiger partial charge in [-0.1, -0.05) is 0 Å². The fraction of sp³-hybridized carbons (Fsp3) is 0.500. The van der Waals surface area contributed by atoms with Crippen molar-refractivity contribution >= 4 is 11.9 Å². The van der Waals surface area contributed by atoms with Gasteiger partial charge in [-0.25, -0.2) is 14.4 Å². The third kappa shape index (κ3) is 3.71. The lowest BCUT2D eigenvalue weighted by atomic mass is 9.77. The predicted molar refractivity (Wildman–Crippen MR) is 112 cm³/mol. The Labute approximate surface area is 176 Å². The molecule has 1 saturated heterocycles. The van der Waals surface area contributed by atoms with Crippen molar-refractivity contribution in [1.29, 1.82) is 0 Å². The number of carbonyl (C=O) groups is 1. The van der Waals surface area contributed by atoms with Crippen LogP contribution < -0.4 is 15.4 Å². The third-order valence-electron chi connectivity index (χ3n) is 6.04. The minimum absolute atomic E-state index is 0.178. The van der Waals surface area contributed by atoms with Crippen molar-refractivity contribution < 1.29 is 13.9 Å². The molecule has 1 amide bonds. The number of aromatic nitrogens is 2. The molecule has 1 aromatic carbocycles. The fourth-order valence-corrected chi connectivity index (χ4v) is 4.58. The number of piperidine rings is 1. The van der Waals surface area contributed by atoms with Crippen LogP contribution in [0.2, 0.25) is 0 Å². The Balaban J connectivity index is 1.63. The van der Waals surface area contributed by atoms with Crippen molar-refractivity contribution in [3.8, 4) is 5.75 Å². The number of aryl methyl sites for hydroxylation is 1. The number of benzene rings is 1. The molecule has 1 aromatic heterocycles. The molecule has 1 spiro atoms. The van der Waals surface area contributed by atoms with Crippen molar-refractivity contribution in [2.45, 2.75) is 31.1 Å². The molecule has 1 fully saturated rings. The van der Waals surface area contributed by atoms with Gasteiger partial charge in [-0.3, -0.25) is 4.79 Å². The lowest BCUT2D eigenvalue weighted by molar-refractivity contribution is 0.0628. The van der Waals surface area contributed by atoms with Gasteiger partial charge >= 0.3 is 0 Å². The van der Waals surface area contributed by atoms with Gasteiger partial charge in [0.25, 0.3) is 5.91 Å². The Hall–Kier alpha value is -2.74. The number of nitrogens with zero attached hydrogens (tertiary/aromatic N) is 4. The molecule has 8 heteroatoms. The molecule has 2 N–H and O–H groups in total. The maximum absolute atomic E-state index is 13.9. The summed E-state index contributed by atoms with van der Waals surface area (Å²) in [7, 11) is 3.85. The smallest absolute Gasteiger partial charge is 0.257 e. The summed E-state index contributed by atoms with van der Waals surface area (Å²) in [6.45, 7) is 1.79. The van der Waals surface area contributed by atoms with E-state index in [1.807, 2.05) is 30.1 Å². The number of nitrogens with two attached hydrogens (primary N) is 1. The van der Waals surface area contributed by atoms with E-state index in [9.17, 15) is 9.18 Å². The van der Waals surface area contributed by atoms with Gasteiger partial charge < -0.3 is 20.3 Å². The summed E-state index contributed by atoms with van der Waals surface area (Å²) in [6.07, 6.45) is 5.62. The number of fused-ring (bicyclic) bond motifs is 2. The average Bonchev–Trinajstić information content (AvgIpc) is 3.09. The summed E-state index contributed by atoms with van der Waals surface area (Å²) in [5.41, 5.74) is 7.80. The van der Waals surface area contributed by atoms with E-state index in [2.05, 4.69) is 4.98 Å². The fourth-order valence-electron chi connectivity index (χ4n) is 4.58. The molecule has 0 saturated carbocycles. The molecule has 160 valence electrons. The molecular weight excluding hydrogens is 385 g/mol. The molecule has 2 aliphatic rings. The van der Waals surface area contributed by atoms with Gasteiger partial charge in [-0.2, -0.15) is 0 Å². The lowest BCUT2D eigenvalue weighted by Crippen LogP contribution is -2.48. The van der Waals surface area contributed by atoms with Crippen LogP contribution in [-0.4, -0.2) is 61.1 Å². The summed E-state index contributed by atoms with van der Waals surface area (Å²) in [5, 5.41) is 0. The quantitative estimate of drug-likeness (QED) is 0.809. The maximum atomic E-state index is 13.9. The van der Waals surface area contributed by atoms with Gasteiger partial charge in [0.1, 0.15) is 18.2 Å². The summed E-state index contributed by atoms with van der Waals surface area (Å²) < 4.78 is 19.5. The zero-order chi connectivity index (χ0) is 21.3. The second-order valence-electron chi connectivity index (χ2n) is 8.33. The molecule has 1 aliphatic heterocycles. The maximum Gasteiger partial charge on any atom is 0.257 e. The zero-order valence-corrected chi connectivity index (χ0v) is 17.5. The number of anilines is 1. The zero-order valence-electron chi connectivity index (χ0n) is 17.5. The first-order valence-corrected chi connectivity index (χ1v) is 10.4. The Kier molecular flexibility index (Phi) is 5.60. The van der Waals surface area contributed by atoms with Crippen LogP contribution in [-0.2, 0) is 11.8 Å². The van der Waals surface area contributed by atoms with Crippen LogP contribution in [0.5, 0.6) is 5.75 Å². The van der Waals surface area contributed by atoms with Gasteiger partial charge in [0.05, 0.1) is 11.3 Å². The second kappa shape index (κ2) is 8.18. The Morgan fingerprint density at radius 1 is 1.37 bits per heavy atom. The number of rotatable bonds is 5. The molecule has 2 heterocycles. The SMILES string of the molecule is CN(C)c1ncc2c(n1)C1(CCCN(C(=O)c3cc(F)ccc3OCCN)C1)CC2. The number of halogens is 1. The van der Waals surface area contributed by atoms with Crippen molar-refractivity contribution in [3.63, 3.8) is 0 Å². The normalized spacial score (nSPS) is 20.3. The molecule has 0 bridgehead atoms. The van der Waals surface area contributed by atoms with Crippen LogP contribution in [0.3, 0.4) is 0 Å². The Morgan fingerprint density at radius 2 is 2.20 bits per heavy atom. The minimum Gasteiger partial charge on any atom is -0.491 e. The van der Waals surface area contributed by atoms with E-state index in [-0.39, 0.29) is 23.5 Å². The minimum atomic E-state index is -0.459. The summed E-state index contributed by atoms with van der Waals surface area (Å²) in [5.74, 6) is 0.382. The van der Waals surface area contributed by atoms with Crippen LogP contribution in [0.1, 0.15) is 40.9 Å². The first-order chi connectivity index (χ1) is 14.4. The molecule has 2 aromatic rings. The van der Waals surface area contributed by atoms with E-state index in [0.717, 1.165) is 36.9 Å². The highest BCUT2D eigenvalue weighted by Crippen LogP contribution is 2.44. The second-order valence-corrected chi connectivity index (χ2v) is 8.33. The summed E-state index contributed by atoms with van der Waals surface area (Å²) >= 11 is 0. The van der Waals surface area contributed by atoms with Gasteiger partial charge in [0, 0.05) is 45.3 Å². The molecular formula is C22H28FN5O2. The molecule has 1 atom stereocenters. The van der Waals surface area contributed by atoms with E-state index >= 15 is 0 Å². The molecule has 7 nitrogen and oxygen atoms in total. The van der Waals surface area contributed by atoms with E-state index in [0.29, 0.717) is 31.3 Å². The van der Waals surface area contributed by atoms with Crippen LogP contribution >= 0.6 is 0 Å². The molecule has 4 rings (SSSR count). The molecule has 1 aliphatic carbocycles. The van der Waals surface area contributed by atoms with Crippen LogP contribution in [0.15, 0.2) is 24.4 Å². The standard InChI is InChI=1S/C22H28FN5O2/c1-27(2)21-25-13-15-6-8-22(19(15)26-21)7-3-10-28(14-22)20(29)17-12-16(23)4-5-18(17)30-11-9-24/h4-5,12-13H,3,6-11,14,24H2,1-2H3.